The van der Waals surface area contributed by atoms with E-state index in [4.69, 9.17) is 22.4 Å². The number of nitrogens with zero attached hydrogens (tertiary/aromatic N) is 1. The van der Waals surface area contributed by atoms with Crippen molar-refractivity contribution in [3.05, 3.63) is 46.6 Å². The Morgan fingerprint density at radius 3 is 2.57 bits per heavy atom. The van der Waals surface area contributed by atoms with E-state index in [1.54, 1.807) is 30.3 Å². The van der Waals surface area contributed by atoms with Crippen LogP contribution in [0.4, 0.5) is 5.82 Å². The van der Waals surface area contributed by atoms with Crippen molar-refractivity contribution in [1.29, 1.82) is 0 Å². The molecule has 0 aliphatic rings. The highest BCUT2D eigenvalue weighted by Gasteiger charge is 2.22. The Balaban J connectivity index is 2.21. The summed E-state index contributed by atoms with van der Waals surface area (Å²) in [6.07, 6.45) is -0.253. The molecule has 110 valence electrons. The van der Waals surface area contributed by atoms with E-state index in [-0.39, 0.29) is 23.0 Å². The number of aromatic nitrogens is 2. The lowest BCUT2D eigenvalue weighted by Crippen LogP contribution is -2.30. The van der Waals surface area contributed by atoms with E-state index in [2.05, 4.69) is 15.5 Å². The third-order valence-corrected chi connectivity index (χ3v) is 3.23. The number of aliphatic carboxylic acids is 1. The van der Waals surface area contributed by atoms with E-state index in [1.807, 2.05) is 0 Å². The number of anilines is 1. The Morgan fingerprint density at radius 1 is 1.38 bits per heavy atom. The molecule has 2 aromatic rings. The SMILES string of the molecule is Nc1n[nH]c(C(=O)NC(CC(=O)O)c2ccccc2)c1Cl. The summed E-state index contributed by atoms with van der Waals surface area (Å²) < 4.78 is 0. The van der Waals surface area contributed by atoms with Crippen LogP contribution in [0.5, 0.6) is 0 Å². The Kier molecular flexibility index (Phi) is 4.44. The predicted molar refractivity (Wildman–Crippen MR) is 76.9 cm³/mol. The molecular formula is C13H13ClN4O3. The number of carbonyl (C=O) groups excluding carboxylic acids is 1. The molecule has 21 heavy (non-hydrogen) atoms. The van der Waals surface area contributed by atoms with Crippen LogP contribution in [0.1, 0.15) is 28.5 Å². The summed E-state index contributed by atoms with van der Waals surface area (Å²) in [7, 11) is 0. The zero-order valence-corrected chi connectivity index (χ0v) is 11.6. The van der Waals surface area contributed by atoms with Gasteiger partial charge in [-0.2, -0.15) is 5.10 Å². The molecule has 5 N–H and O–H groups in total. The molecular weight excluding hydrogens is 296 g/mol. The Bertz CT molecular complexity index is 657. The number of hydrogen-bond donors (Lipinski definition) is 4. The van der Waals surface area contributed by atoms with Gasteiger partial charge in [0.05, 0.1) is 12.5 Å². The molecule has 1 heterocycles. The van der Waals surface area contributed by atoms with Crippen LogP contribution in [0.15, 0.2) is 30.3 Å². The van der Waals surface area contributed by atoms with Gasteiger partial charge in [0.2, 0.25) is 0 Å². The second-order valence-electron chi connectivity index (χ2n) is 4.33. The fourth-order valence-corrected chi connectivity index (χ4v) is 2.01. The van der Waals surface area contributed by atoms with Crippen molar-refractivity contribution in [1.82, 2.24) is 15.5 Å². The lowest BCUT2D eigenvalue weighted by molar-refractivity contribution is -0.137. The van der Waals surface area contributed by atoms with Crippen LogP contribution in [-0.4, -0.2) is 27.2 Å². The molecule has 0 bridgehead atoms. The topological polar surface area (TPSA) is 121 Å². The van der Waals surface area contributed by atoms with E-state index >= 15 is 0 Å². The van der Waals surface area contributed by atoms with Crippen molar-refractivity contribution in [2.45, 2.75) is 12.5 Å². The smallest absolute Gasteiger partial charge is 0.305 e. The van der Waals surface area contributed by atoms with Crippen LogP contribution in [0, 0.1) is 0 Å². The molecule has 0 aliphatic heterocycles. The average Bonchev–Trinajstić information content (AvgIpc) is 2.79. The summed E-state index contributed by atoms with van der Waals surface area (Å²) in [5.74, 6) is -1.59. The molecule has 0 saturated carbocycles. The number of amides is 1. The molecule has 0 radical (unpaired) electrons. The molecule has 1 amide bonds. The Labute approximate surface area is 125 Å². The summed E-state index contributed by atoms with van der Waals surface area (Å²) >= 11 is 5.84. The molecule has 1 atom stereocenters. The maximum Gasteiger partial charge on any atom is 0.305 e. The first-order chi connectivity index (χ1) is 9.99. The summed E-state index contributed by atoms with van der Waals surface area (Å²) in [6.45, 7) is 0. The van der Waals surface area contributed by atoms with E-state index in [0.717, 1.165) is 0 Å². The minimum absolute atomic E-state index is 0.000451. The number of carboxylic acid groups (broad SMARTS) is 1. The maximum absolute atomic E-state index is 12.1. The van der Waals surface area contributed by atoms with Crippen molar-refractivity contribution in [3.63, 3.8) is 0 Å². The van der Waals surface area contributed by atoms with Crippen molar-refractivity contribution in [2.75, 3.05) is 5.73 Å². The van der Waals surface area contributed by atoms with Gasteiger partial charge < -0.3 is 16.2 Å². The number of benzene rings is 1. The number of carbonyl (C=O) groups is 2. The Hall–Kier alpha value is -2.54. The first kappa shape index (κ1) is 14.9. The molecule has 1 unspecified atom stereocenters. The van der Waals surface area contributed by atoms with Crippen molar-refractivity contribution in [2.24, 2.45) is 0 Å². The zero-order chi connectivity index (χ0) is 15.4. The molecule has 1 aromatic heterocycles. The molecule has 0 saturated heterocycles. The van der Waals surface area contributed by atoms with E-state index in [9.17, 15) is 9.59 Å². The van der Waals surface area contributed by atoms with Crippen LogP contribution < -0.4 is 11.1 Å². The normalized spacial score (nSPS) is 11.9. The number of hydrogen-bond acceptors (Lipinski definition) is 4. The number of nitrogen functional groups attached to an aromatic ring is 1. The van der Waals surface area contributed by atoms with Crippen LogP contribution >= 0.6 is 11.6 Å². The van der Waals surface area contributed by atoms with Gasteiger partial charge in [-0.1, -0.05) is 41.9 Å². The number of nitrogens with two attached hydrogens (primary N) is 1. The Morgan fingerprint density at radius 2 is 2.05 bits per heavy atom. The molecule has 0 aliphatic carbocycles. The van der Waals surface area contributed by atoms with Gasteiger partial charge in [-0.15, -0.1) is 0 Å². The highest BCUT2D eigenvalue weighted by molar-refractivity contribution is 6.35. The van der Waals surface area contributed by atoms with Gasteiger partial charge in [0.1, 0.15) is 10.7 Å². The third kappa shape index (κ3) is 3.51. The third-order valence-electron chi connectivity index (χ3n) is 2.85. The number of H-pyrrole nitrogens is 1. The molecule has 7 nitrogen and oxygen atoms in total. The lowest BCUT2D eigenvalue weighted by atomic mass is 10.0. The monoisotopic (exact) mass is 308 g/mol. The highest BCUT2D eigenvalue weighted by atomic mass is 35.5. The number of carboxylic acids is 1. The standard InChI is InChI=1S/C13H13ClN4O3/c14-10-11(17-18-12(10)15)13(21)16-8(6-9(19)20)7-4-2-1-3-5-7/h1-5,8H,6H2,(H,16,21)(H,19,20)(H3,15,17,18). The number of aromatic amines is 1. The fraction of sp³-hybridized carbons (Fsp3) is 0.154. The van der Waals surface area contributed by atoms with Gasteiger partial charge in [-0.3, -0.25) is 14.7 Å². The van der Waals surface area contributed by atoms with Crippen molar-refractivity contribution >= 4 is 29.3 Å². The van der Waals surface area contributed by atoms with Gasteiger partial charge in [0, 0.05) is 0 Å². The largest absolute Gasteiger partial charge is 0.481 e. The summed E-state index contributed by atoms with van der Waals surface area (Å²) in [6, 6.07) is 8.11. The van der Waals surface area contributed by atoms with Crippen molar-refractivity contribution in [3.8, 4) is 0 Å². The van der Waals surface area contributed by atoms with Crippen LogP contribution in [0.2, 0.25) is 5.02 Å². The maximum atomic E-state index is 12.1. The second-order valence-corrected chi connectivity index (χ2v) is 4.71. The minimum Gasteiger partial charge on any atom is -0.481 e. The van der Waals surface area contributed by atoms with Crippen LogP contribution in [0.25, 0.3) is 0 Å². The summed E-state index contributed by atoms with van der Waals surface area (Å²) in [4.78, 5) is 23.1. The number of rotatable bonds is 5. The van der Waals surface area contributed by atoms with Gasteiger partial charge in [-0.05, 0) is 5.56 Å². The van der Waals surface area contributed by atoms with Crippen LogP contribution in [-0.2, 0) is 4.79 Å². The van der Waals surface area contributed by atoms with E-state index in [1.165, 1.54) is 0 Å². The van der Waals surface area contributed by atoms with Gasteiger partial charge in [0.25, 0.3) is 5.91 Å². The fourth-order valence-electron chi connectivity index (χ4n) is 1.84. The van der Waals surface area contributed by atoms with Gasteiger partial charge in [-0.25, -0.2) is 0 Å². The van der Waals surface area contributed by atoms with Crippen LogP contribution in [0.3, 0.4) is 0 Å². The van der Waals surface area contributed by atoms with Crippen molar-refractivity contribution < 1.29 is 14.7 Å². The highest BCUT2D eigenvalue weighted by Crippen LogP contribution is 2.22. The molecule has 0 fully saturated rings. The average molecular weight is 309 g/mol. The molecule has 8 heteroatoms. The summed E-state index contributed by atoms with van der Waals surface area (Å²) in [5, 5.41) is 17.6. The minimum atomic E-state index is -1.03. The van der Waals surface area contributed by atoms with E-state index < -0.39 is 17.9 Å². The first-order valence-electron chi connectivity index (χ1n) is 6.06. The lowest BCUT2D eigenvalue weighted by Gasteiger charge is -2.17. The number of nitrogens with one attached hydrogen (secondary N) is 2. The van der Waals surface area contributed by atoms with Gasteiger partial charge in [0.15, 0.2) is 5.82 Å². The summed E-state index contributed by atoms with van der Waals surface area (Å²) in [5.41, 5.74) is 6.13. The quantitative estimate of drug-likeness (QED) is 0.668. The molecule has 1 aromatic carbocycles. The zero-order valence-electron chi connectivity index (χ0n) is 10.8. The first-order valence-corrected chi connectivity index (χ1v) is 6.43. The van der Waals surface area contributed by atoms with E-state index in [0.29, 0.717) is 5.56 Å². The number of halogens is 1. The predicted octanol–water partition coefficient (Wildman–Crippen LogP) is 1.59. The second kappa shape index (κ2) is 6.27. The molecule has 2 rings (SSSR count). The van der Waals surface area contributed by atoms with Gasteiger partial charge >= 0.3 is 5.97 Å². The molecule has 0 spiro atoms.